The molecule has 0 spiro atoms. The van der Waals surface area contributed by atoms with E-state index in [4.69, 9.17) is 4.74 Å². The van der Waals surface area contributed by atoms with Crippen molar-refractivity contribution in [3.05, 3.63) is 44.3 Å². The van der Waals surface area contributed by atoms with Crippen molar-refractivity contribution in [1.82, 2.24) is 0 Å². The second kappa shape index (κ2) is 7.93. The molecule has 0 unspecified atom stereocenters. The standard InChI is InChI=1S/C17H18Br2O4/c1-23-16-8-11(13(20)9-12(16)18)5-3-2-4-10-6-14(21)17(19)15(22)7-10/h6-9,20-22H,2-5H2,1H3. The highest BCUT2D eigenvalue weighted by Crippen LogP contribution is 2.35. The zero-order valence-corrected chi connectivity index (χ0v) is 15.8. The number of rotatable bonds is 6. The molecule has 4 nitrogen and oxygen atoms in total. The lowest BCUT2D eigenvalue weighted by Crippen LogP contribution is -1.93. The van der Waals surface area contributed by atoms with E-state index in [1.54, 1.807) is 25.3 Å². The van der Waals surface area contributed by atoms with E-state index in [1.165, 1.54) is 0 Å². The van der Waals surface area contributed by atoms with Crippen LogP contribution in [0.1, 0.15) is 24.0 Å². The fourth-order valence-electron chi connectivity index (χ4n) is 2.38. The van der Waals surface area contributed by atoms with Gasteiger partial charge in [0.15, 0.2) is 0 Å². The van der Waals surface area contributed by atoms with E-state index >= 15 is 0 Å². The number of benzene rings is 2. The van der Waals surface area contributed by atoms with Crippen molar-refractivity contribution in [2.75, 3.05) is 7.11 Å². The van der Waals surface area contributed by atoms with E-state index in [1.807, 2.05) is 6.07 Å². The Bertz CT molecular complexity index is 678. The first-order chi connectivity index (χ1) is 10.9. The summed E-state index contributed by atoms with van der Waals surface area (Å²) in [6, 6.07) is 6.75. The summed E-state index contributed by atoms with van der Waals surface area (Å²) in [5, 5.41) is 29.3. The number of aryl methyl sites for hydroxylation is 2. The van der Waals surface area contributed by atoms with Crippen molar-refractivity contribution in [3.63, 3.8) is 0 Å². The fourth-order valence-corrected chi connectivity index (χ4v) is 3.10. The Kier molecular flexibility index (Phi) is 6.18. The van der Waals surface area contributed by atoms with Gasteiger partial charge in [-0.05, 0) is 92.9 Å². The van der Waals surface area contributed by atoms with E-state index in [0.29, 0.717) is 10.2 Å². The zero-order chi connectivity index (χ0) is 17.0. The molecule has 0 saturated heterocycles. The number of unbranched alkanes of at least 4 members (excludes halogenated alkanes) is 1. The summed E-state index contributed by atoms with van der Waals surface area (Å²) in [6.45, 7) is 0. The Balaban J connectivity index is 1.93. The Labute approximate surface area is 152 Å². The van der Waals surface area contributed by atoms with E-state index in [2.05, 4.69) is 31.9 Å². The third-order valence-electron chi connectivity index (χ3n) is 3.61. The maximum atomic E-state index is 9.97. The van der Waals surface area contributed by atoms with Crippen LogP contribution in [0.4, 0.5) is 0 Å². The van der Waals surface area contributed by atoms with Gasteiger partial charge in [-0.25, -0.2) is 0 Å². The van der Waals surface area contributed by atoms with Gasteiger partial charge in [-0.2, -0.15) is 0 Å². The van der Waals surface area contributed by atoms with Crippen LogP contribution in [0.3, 0.4) is 0 Å². The lowest BCUT2D eigenvalue weighted by atomic mass is 10.0. The van der Waals surface area contributed by atoms with Crippen LogP contribution in [0.2, 0.25) is 0 Å². The number of aromatic hydroxyl groups is 3. The van der Waals surface area contributed by atoms with Gasteiger partial charge < -0.3 is 20.1 Å². The van der Waals surface area contributed by atoms with Gasteiger partial charge in [0.05, 0.1) is 11.6 Å². The molecule has 0 amide bonds. The van der Waals surface area contributed by atoms with Crippen LogP contribution in [0.5, 0.6) is 23.0 Å². The maximum absolute atomic E-state index is 9.97. The number of methoxy groups -OCH3 is 1. The maximum Gasteiger partial charge on any atom is 0.133 e. The first-order valence-electron chi connectivity index (χ1n) is 7.18. The van der Waals surface area contributed by atoms with Gasteiger partial charge in [-0.1, -0.05) is 0 Å². The van der Waals surface area contributed by atoms with Crippen molar-refractivity contribution in [2.45, 2.75) is 25.7 Å². The molecule has 0 aliphatic rings. The predicted molar refractivity (Wildman–Crippen MR) is 96.5 cm³/mol. The number of hydrogen-bond donors (Lipinski definition) is 3. The van der Waals surface area contributed by atoms with E-state index in [0.717, 1.165) is 41.3 Å². The SMILES string of the molecule is COc1cc(CCCCc2cc(O)c(Br)c(O)c2)c(O)cc1Br. The van der Waals surface area contributed by atoms with Crippen molar-refractivity contribution < 1.29 is 20.1 Å². The largest absolute Gasteiger partial charge is 0.508 e. The molecule has 0 saturated carbocycles. The van der Waals surface area contributed by atoms with Crippen molar-refractivity contribution in [3.8, 4) is 23.0 Å². The molecule has 0 aromatic heterocycles. The Morgan fingerprint density at radius 2 is 1.48 bits per heavy atom. The summed E-state index contributed by atoms with van der Waals surface area (Å²) in [5.41, 5.74) is 1.72. The van der Waals surface area contributed by atoms with Crippen LogP contribution in [0.15, 0.2) is 33.2 Å². The quantitative estimate of drug-likeness (QED) is 0.553. The van der Waals surface area contributed by atoms with E-state index < -0.39 is 0 Å². The Morgan fingerprint density at radius 3 is 2.09 bits per heavy atom. The molecule has 0 aliphatic carbocycles. The highest BCUT2D eigenvalue weighted by Gasteiger charge is 2.09. The minimum atomic E-state index is 0.0373. The van der Waals surface area contributed by atoms with Gasteiger partial charge in [-0.15, -0.1) is 0 Å². The highest BCUT2D eigenvalue weighted by molar-refractivity contribution is 9.11. The molecular formula is C17H18Br2O4. The third kappa shape index (κ3) is 4.54. The molecule has 0 bridgehead atoms. The summed E-state index contributed by atoms with van der Waals surface area (Å²) in [7, 11) is 1.59. The molecule has 2 aromatic carbocycles. The first kappa shape index (κ1) is 17.9. The molecule has 2 aromatic rings. The van der Waals surface area contributed by atoms with Crippen LogP contribution in [-0.4, -0.2) is 22.4 Å². The topological polar surface area (TPSA) is 69.9 Å². The molecule has 3 N–H and O–H groups in total. The van der Waals surface area contributed by atoms with Gasteiger partial charge in [0.1, 0.15) is 27.5 Å². The molecule has 0 aliphatic heterocycles. The molecule has 6 heteroatoms. The van der Waals surface area contributed by atoms with Crippen molar-refractivity contribution in [1.29, 1.82) is 0 Å². The third-order valence-corrected chi connectivity index (χ3v) is 5.04. The van der Waals surface area contributed by atoms with E-state index in [-0.39, 0.29) is 17.2 Å². The normalized spacial score (nSPS) is 10.7. The molecule has 23 heavy (non-hydrogen) atoms. The lowest BCUT2D eigenvalue weighted by Gasteiger charge is -2.10. The van der Waals surface area contributed by atoms with Crippen LogP contribution in [-0.2, 0) is 12.8 Å². The molecule has 124 valence electrons. The summed E-state index contributed by atoms with van der Waals surface area (Å²) >= 11 is 6.45. The van der Waals surface area contributed by atoms with Gasteiger partial charge >= 0.3 is 0 Å². The van der Waals surface area contributed by atoms with Crippen LogP contribution < -0.4 is 4.74 Å². The second-order valence-corrected chi connectivity index (χ2v) is 6.92. The van der Waals surface area contributed by atoms with Gasteiger partial charge in [-0.3, -0.25) is 0 Å². The van der Waals surface area contributed by atoms with Crippen LogP contribution >= 0.6 is 31.9 Å². The summed E-state index contributed by atoms with van der Waals surface area (Å²) in [5.74, 6) is 1.02. The zero-order valence-electron chi connectivity index (χ0n) is 12.6. The second-order valence-electron chi connectivity index (χ2n) is 5.27. The molecular weight excluding hydrogens is 428 g/mol. The molecule has 2 rings (SSSR count). The van der Waals surface area contributed by atoms with Gasteiger partial charge in [0, 0.05) is 0 Å². The number of phenols is 3. The summed E-state index contributed by atoms with van der Waals surface area (Å²) < 4.78 is 6.27. The number of ether oxygens (including phenoxy) is 1. The van der Waals surface area contributed by atoms with Crippen molar-refractivity contribution >= 4 is 31.9 Å². The number of phenolic OH excluding ortho intramolecular Hbond substituents is 3. The van der Waals surface area contributed by atoms with Crippen LogP contribution in [0.25, 0.3) is 0 Å². The number of halogens is 2. The van der Waals surface area contributed by atoms with Gasteiger partial charge in [0.2, 0.25) is 0 Å². The minimum Gasteiger partial charge on any atom is -0.508 e. The average molecular weight is 446 g/mol. The minimum absolute atomic E-state index is 0.0373. The molecule has 0 fully saturated rings. The Morgan fingerprint density at radius 1 is 0.870 bits per heavy atom. The van der Waals surface area contributed by atoms with Gasteiger partial charge in [0.25, 0.3) is 0 Å². The van der Waals surface area contributed by atoms with Crippen molar-refractivity contribution in [2.24, 2.45) is 0 Å². The Hall–Kier alpha value is -1.40. The fraction of sp³-hybridized carbons (Fsp3) is 0.294. The average Bonchev–Trinajstić information content (AvgIpc) is 2.50. The van der Waals surface area contributed by atoms with E-state index in [9.17, 15) is 15.3 Å². The predicted octanol–water partition coefficient (Wildman–Crippen LogP) is 4.90. The summed E-state index contributed by atoms with van der Waals surface area (Å²) in [6.07, 6.45) is 3.21. The number of hydrogen-bond acceptors (Lipinski definition) is 4. The van der Waals surface area contributed by atoms with Crippen LogP contribution in [0, 0.1) is 0 Å². The highest BCUT2D eigenvalue weighted by atomic mass is 79.9. The summed E-state index contributed by atoms with van der Waals surface area (Å²) in [4.78, 5) is 0. The molecule has 0 heterocycles. The smallest absolute Gasteiger partial charge is 0.133 e. The monoisotopic (exact) mass is 444 g/mol. The molecule has 0 radical (unpaired) electrons. The lowest BCUT2D eigenvalue weighted by molar-refractivity contribution is 0.407. The first-order valence-corrected chi connectivity index (χ1v) is 8.76. The molecule has 0 atom stereocenters.